The highest BCUT2D eigenvalue weighted by molar-refractivity contribution is 5.80. The van der Waals surface area contributed by atoms with Gasteiger partial charge in [0, 0.05) is 50.7 Å². The topological polar surface area (TPSA) is 75.2 Å². The first-order chi connectivity index (χ1) is 13.4. The Labute approximate surface area is 177 Å². The second-order valence-electron chi connectivity index (χ2n) is 10.4. The van der Waals surface area contributed by atoms with Crippen LogP contribution in [-0.2, 0) is 9.47 Å². The maximum atomic E-state index is 12.2. The van der Waals surface area contributed by atoms with Gasteiger partial charge < -0.3 is 25.0 Å². The van der Waals surface area contributed by atoms with E-state index < -0.39 is 5.60 Å². The highest BCUT2D eigenvalue weighted by atomic mass is 16.6. The summed E-state index contributed by atoms with van der Waals surface area (Å²) in [4.78, 5) is 18.8. The second kappa shape index (κ2) is 9.11. The van der Waals surface area contributed by atoms with Gasteiger partial charge in [-0.2, -0.15) is 0 Å². The number of nitrogens with zero attached hydrogens (tertiary/aromatic N) is 2. The molecule has 1 amide bonds. The molecule has 1 saturated heterocycles. The largest absolute Gasteiger partial charge is 0.444 e. The van der Waals surface area contributed by atoms with Crippen molar-refractivity contribution in [3.8, 4) is 0 Å². The van der Waals surface area contributed by atoms with Crippen LogP contribution in [0.4, 0.5) is 4.79 Å². The summed E-state index contributed by atoms with van der Waals surface area (Å²) >= 11 is 0. The fourth-order valence-electron chi connectivity index (χ4n) is 4.57. The maximum Gasteiger partial charge on any atom is 0.407 e. The van der Waals surface area contributed by atoms with E-state index in [2.05, 4.69) is 55.3 Å². The van der Waals surface area contributed by atoms with Crippen molar-refractivity contribution < 1.29 is 14.3 Å². The highest BCUT2D eigenvalue weighted by Gasteiger charge is 2.59. The molecule has 7 nitrogen and oxygen atoms in total. The molecule has 0 aromatic rings. The van der Waals surface area contributed by atoms with Gasteiger partial charge in [-0.25, -0.2) is 4.79 Å². The lowest BCUT2D eigenvalue weighted by molar-refractivity contribution is -0.107. The van der Waals surface area contributed by atoms with Gasteiger partial charge in [-0.3, -0.25) is 4.99 Å². The summed E-state index contributed by atoms with van der Waals surface area (Å²) in [5.74, 6) is 1.77. The molecule has 29 heavy (non-hydrogen) atoms. The third-order valence-corrected chi connectivity index (χ3v) is 6.24. The van der Waals surface area contributed by atoms with Crippen molar-refractivity contribution in [2.45, 2.75) is 85.1 Å². The number of hydrogen-bond acceptors (Lipinski definition) is 4. The molecule has 2 fully saturated rings. The standard InChI is InChI=1S/C22H42N4O3/c1-14(2)16(24-20(27)29-21(3,4)5)10-12-26(9)19(23-8)25-17-15-11-13-28-18(15)22(17,6)7/h14-18H,10-13H2,1-9H3,(H,23,25)(H,24,27). The van der Waals surface area contributed by atoms with Crippen LogP contribution in [0.25, 0.3) is 0 Å². The molecule has 1 saturated carbocycles. The average Bonchev–Trinajstić information content (AvgIpc) is 3.04. The zero-order valence-electron chi connectivity index (χ0n) is 19.8. The van der Waals surface area contributed by atoms with Crippen LogP contribution < -0.4 is 10.6 Å². The summed E-state index contributed by atoms with van der Waals surface area (Å²) in [6, 6.07) is 0.412. The fourth-order valence-corrected chi connectivity index (χ4v) is 4.57. The van der Waals surface area contributed by atoms with Crippen molar-refractivity contribution in [2.75, 3.05) is 27.2 Å². The van der Waals surface area contributed by atoms with Gasteiger partial charge in [0.15, 0.2) is 5.96 Å². The summed E-state index contributed by atoms with van der Waals surface area (Å²) < 4.78 is 11.3. The maximum absolute atomic E-state index is 12.2. The summed E-state index contributed by atoms with van der Waals surface area (Å²) in [6.45, 7) is 16.0. The Hall–Kier alpha value is -1.50. The summed E-state index contributed by atoms with van der Waals surface area (Å²) in [6.07, 6.45) is 1.93. The third-order valence-electron chi connectivity index (χ3n) is 6.24. The minimum Gasteiger partial charge on any atom is -0.444 e. The number of guanidine groups is 1. The number of ether oxygens (including phenoxy) is 2. The molecule has 1 aliphatic carbocycles. The lowest BCUT2D eigenvalue weighted by atomic mass is 9.57. The molecule has 7 heteroatoms. The van der Waals surface area contributed by atoms with Crippen molar-refractivity contribution in [2.24, 2.45) is 22.2 Å². The molecule has 1 heterocycles. The molecule has 168 valence electrons. The zero-order valence-corrected chi connectivity index (χ0v) is 19.8. The number of carbonyl (C=O) groups excluding carboxylic acids is 1. The Morgan fingerprint density at radius 2 is 2.00 bits per heavy atom. The number of rotatable bonds is 6. The monoisotopic (exact) mass is 410 g/mol. The number of amides is 1. The summed E-state index contributed by atoms with van der Waals surface area (Å²) in [5, 5.41) is 6.70. The van der Waals surface area contributed by atoms with Gasteiger partial charge in [-0.1, -0.05) is 27.7 Å². The van der Waals surface area contributed by atoms with Crippen LogP contribution in [0.5, 0.6) is 0 Å². The Balaban J connectivity index is 1.89. The Morgan fingerprint density at radius 3 is 2.55 bits per heavy atom. The van der Waals surface area contributed by atoms with Crippen LogP contribution >= 0.6 is 0 Å². The third kappa shape index (κ3) is 5.77. The van der Waals surface area contributed by atoms with E-state index in [-0.39, 0.29) is 17.6 Å². The van der Waals surface area contributed by atoms with Crippen molar-refractivity contribution in [1.29, 1.82) is 0 Å². The molecule has 0 aromatic carbocycles. The molecule has 2 aliphatic rings. The van der Waals surface area contributed by atoms with E-state index in [0.29, 0.717) is 24.0 Å². The van der Waals surface area contributed by atoms with E-state index >= 15 is 0 Å². The van der Waals surface area contributed by atoms with Gasteiger partial charge >= 0.3 is 6.09 Å². The highest BCUT2D eigenvalue weighted by Crippen LogP contribution is 2.52. The molecule has 4 atom stereocenters. The van der Waals surface area contributed by atoms with Crippen molar-refractivity contribution in [1.82, 2.24) is 15.5 Å². The molecule has 2 N–H and O–H groups in total. The van der Waals surface area contributed by atoms with Gasteiger partial charge in [0.1, 0.15) is 5.60 Å². The molecule has 2 rings (SSSR count). The van der Waals surface area contributed by atoms with Crippen LogP contribution in [-0.4, -0.2) is 68.0 Å². The molecule has 0 radical (unpaired) electrons. The molecule has 1 aliphatic heterocycles. The summed E-state index contributed by atoms with van der Waals surface area (Å²) in [7, 11) is 3.88. The number of hydrogen-bond donors (Lipinski definition) is 2. The smallest absolute Gasteiger partial charge is 0.407 e. The van der Waals surface area contributed by atoms with Crippen LogP contribution in [0, 0.1) is 17.3 Å². The van der Waals surface area contributed by atoms with Crippen LogP contribution in [0.2, 0.25) is 0 Å². The zero-order chi connectivity index (χ0) is 22.0. The van der Waals surface area contributed by atoms with E-state index in [4.69, 9.17) is 9.47 Å². The van der Waals surface area contributed by atoms with Crippen molar-refractivity contribution in [3.63, 3.8) is 0 Å². The van der Waals surface area contributed by atoms with Crippen LogP contribution in [0.1, 0.15) is 61.3 Å². The number of alkyl carbamates (subject to hydrolysis) is 1. The van der Waals surface area contributed by atoms with Gasteiger partial charge in [-0.15, -0.1) is 0 Å². The molecular weight excluding hydrogens is 368 g/mol. The predicted molar refractivity (Wildman–Crippen MR) is 117 cm³/mol. The SMILES string of the molecule is CN=C(NC1C2CCOC2C1(C)C)N(C)CCC(NC(=O)OC(C)(C)C)C(C)C. The van der Waals surface area contributed by atoms with Gasteiger partial charge in [0.2, 0.25) is 0 Å². The average molecular weight is 411 g/mol. The van der Waals surface area contributed by atoms with Crippen LogP contribution in [0.15, 0.2) is 4.99 Å². The lowest BCUT2D eigenvalue weighted by Gasteiger charge is -2.55. The predicted octanol–water partition coefficient (Wildman–Crippen LogP) is 3.25. The normalized spacial score (nSPS) is 27.1. The Morgan fingerprint density at radius 1 is 1.34 bits per heavy atom. The fraction of sp³-hybridized carbons (Fsp3) is 0.909. The number of fused-ring (bicyclic) bond motifs is 1. The van der Waals surface area contributed by atoms with E-state index in [0.717, 1.165) is 32.0 Å². The minimum atomic E-state index is -0.494. The first-order valence-corrected chi connectivity index (χ1v) is 10.9. The van der Waals surface area contributed by atoms with E-state index in [1.165, 1.54) is 0 Å². The van der Waals surface area contributed by atoms with Crippen molar-refractivity contribution >= 4 is 12.1 Å². The molecule has 0 spiro atoms. The van der Waals surface area contributed by atoms with Crippen LogP contribution in [0.3, 0.4) is 0 Å². The Bertz CT molecular complexity index is 597. The lowest BCUT2D eigenvalue weighted by Crippen LogP contribution is -2.68. The quantitative estimate of drug-likeness (QED) is 0.519. The molecule has 0 bridgehead atoms. The van der Waals surface area contributed by atoms with E-state index in [1.54, 1.807) is 0 Å². The first-order valence-electron chi connectivity index (χ1n) is 10.9. The molecule has 0 aromatic heterocycles. The van der Waals surface area contributed by atoms with Crippen molar-refractivity contribution in [3.05, 3.63) is 0 Å². The number of nitrogens with one attached hydrogen (secondary N) is 2. The van der Waals surface area contributed by atoms with E-state index in [9.17, 15) is 4.79 Å². The minimum absolute atomic E-state index is 0.0400. The van der Waals surface area contributed by atoms with Gasteiger partial charge in [0.25, 0.3) is 0 Å². The second-order valence-corrected chi connectivity index (χ2v) is 10.4. The van der Waals surface area contributed by atoms with E-state index in [1.807, 2.05) is 27.8 Å². The van der Waals surface area contributed by atoms with Gasteiger partial charge in [-0.05, 0) is 39.5 Å². The first kappa shape index (κ1) is 23.8. The Kier molecular flexibility index (Phi) is 7.47. The number of carbonyl (C=O) groups is 1. The molecular formula is C22H42N4O3. The molecule has 4 unspecified atom stereocenters. The van der Waals surface area contributed by atoms with Gasteiger partial charge in [0.05, 0.1) is 6.10 Å². The number of aliphatic imine (C=N–C) groups is 1. The summed E-state index contributed by atoms with van der Waals surface area (Å²) in [5.41, 5.74) is -0.386.